The van der Waals surface area contributed by atoms with E-state index in [1.54, 1.807) is 17.6 Å². The lowest BCUT2D eigenvalue weighted by Gasteiger charge is -2.39. The van der Waals surface area contributed by atoms with E-state index in [0.29, 0.717) is 19.5 Å². The Hall–Kier alpha value is -2.66. The quantitative estimate of drug-likeness (QED) is 0.289. The van der Waals surface area contributed by atoms with E-state index in [-0.39, 0.29) is 35.5 Å². The molecule has 0 aliphatic carbocycles. The number of benzene rings is 2. The van der Waals surface area contributed by atoms with Gasteiger partial charge in [0.1, 0.15) is 30.3 Å². The molecule has 2 aliphatic rings. The molecule has 36 heavy (non-hydrogen) atoms. The Morgan fingerprint density at radius 1 is 0.889 bits per heavy atom. The average Bonchev–Trinajstić information content (AvgIpc) is 3.41. The summed E-state index contributed by atoms with van der Waals surface area (Å²) in [6.45, 7) is 0.710. The minimum absolute atomic E-state index is 0.0777. The number of hydrogen-bond donors (Lipinski definition) is 0. The monoisotopic (exact) mass is 523 g/mol. The van der Waals surface area contributed by atoms with Gasteiger partial charge in [-0.25, -0.2) is 13.1 Å². The highest BCUT2D eigenvalue weighted by atomic mass is 32.2. The maximum Gasteiger partial charge on any atom is 0.404 e. The van der Waals surface area contributed by atoms with Crippen molar-refractivity contribution in [1.82, 2.24) is 19.1 Å². The van der Waals surface area contributed by atoms with Crippen LogP contribution < -0.4 is 4.90 Å². The molecule has 2 aliphatic heterocycles. The van der Waals surface area contributed by atoms with Crippen LogP contribution in [0.2, 0.25) is 0 Å². The number of nitrogens with zero attached hydrogens (tertiary/aromatic N) is 5. The first-order chi connectivity index (χ1) is 17.3. The highest BCUT2D eigenvalue weighted by molar-refractivity contribution is 7.97. The molecule has 0 saturated carbocycles. The van der Waals surface area contributed by atoms with Crippen molar-refractivity contribution >= 4 is 17.6 Å². The van der Waals surface area contributed by atoms with Crippen LogP contribution in [0, 0.1) is 11.6 Å². The van der Waals surface area contributed by atoms with Crippen molar-refractivity contribution in [2.24, 2.45) is 0 Å². The molecule has 5 rings (SSSR count). The van der Waals surface area contributed by atoms with E-state index in [4.69, 9.17) is 0 Å². The van der Waals surface area contributed by atoms with Gasteiger partial charge in [-0.05, 0) is 37.3 Å². The number of halogens is 5. The van der Waals surface area contributed by atoms with Gasteiger partial charge in [0.2, 0.25) is 0 Å². The SMILES string of the molecule is Fc1cc(N2CCC(n3cnnc3)CC2)c(F)cc1CN1S[C@H](c2ccccc2)CC[C@@H]1C(F)(F)F. The fourth-order valence-corrected chi connectivity index (χ4v) is 6.46. The Labute approximate surface area is 210 Å². The lowest BCUT2D eigenvalue weighted by molar-refractivity contribution is -0.174. The highest BCUT2D eigenvalue weighted by Crippen LogP contribution is 2.47. The molecule has 192 valence electrons. The topological polar surface area (TPSA) is 37.2 Å². The number of hydrogen-bond acceptors (Lipinski definition) is 5. The third-order valence-electron chi connectivity index (χ3n) is 6.97. The summed E-state index contributed by atoms with van der Waals surface area (Å²) in [5.74, 6) is -1.32. The summed E-state index contributed by atoms with van der Waals surface area (Å²) in [6, 6.07) is 9.95. The lowest BCUT2D eigenvalue weighted by atomic mass is 10.0. The maximum absolute atomic E-state index is 15.2. The molecule has 11 heteroatoms. The molecule has 3 heterocycles. The average molecular weight is 524 g/mol. The number of piperidine rings is 1. The van der Waals surface area contributed by atoms with E-state index in [9.17, 15) is 13.2 Å². The van der Waals surface area contributed by atoms with Crippen LogP contribution in [0.25, 0.3) is 0 Å². The van der Waals surface area contributed by atoms with Crippen molar-refractivity contribution in [1.29, 1.82) is 0 Å². The van der Waals surface area contributed by atoms with Gasteiger partial charge >= 0.3 is 6.18 Å². The Balaban J connectivity index is 1.32. The van der Waals surface area contributed by atoms with Crippen molar-refractivity contribution < 1.29 is 22.0 Å². The third-order valence-corrected chi connectivity index (χ3v) is 8.38. The fraction of sp³-hybridized carbons (Fsp3) is 0.440. The van der Waals surface area contributed by atoms with E-state index in [2.05, 4.69) is 10.2 Å². The van der Waals surface area contributed by atoms with E-state index in [0.717, 1.165) is 42.5 Å². The summed E-state index contributed by atoms with van der Waals surface area (Å²) in [5.41, 5.74) is 0.982. The predicted octanol–water partition coefficient (Wildman–Crippen LogP) is 6.31. The van der Waals surface area contributed by atoms with Gasteiger partial charge < -0.3 is 9.47 Å². The minimum atomic E-state index is -4.46. The Morgan fingerprint density at radius 3 is 2.25 bits per heavy atom. The third kappa shape index (κ3) is 5.36. The van der Waals surface area contributed by atoms with Crippen LogP contribution in [0.3, 0.4) is 0 Å². The number of alkyl halides is 3. The van der Waals surface area contributed by atoms with Crippen molar-refractivity contribution in [2.75, 3.05) is 18.0 Å². The summed E-state index contributed by atoms with van der Waals surface area (Å²) >= 11 is 1.06. The molecule has 1 aromatic heterocycles. The molecule has 3 aromatic rings. The Kier molecular flexibility index (Phi) is 7.21. The van der Waals surface area contributed by atoms with Crippen LogP contribution in [0.1, 0.15) is 48.1 Å². The van der Waals surface area contributed by atoms with E-state index in [1.807, 2.05) is 34.9 Å². The van der Waals surface area contributed by atoms with Crippen LogP contribution in [0.5, 0.6) is 0 Å². The van der Waals surface area contributed by atoms with Gasteiger partial charge in [0, 0.05) is 42.6 Å². The van der Waals surface area contributed by atoms with Gasteiger partial charge in [-0.2, -0.15) is 13.2 Å². The van der Waals surface area contributed by atoms with Gasteiger partial charge in [-0.3, -0.25) is 0 Å². The molecule has 2 saturated heterocycles. The number of aromatic nitrogens is 3. The second kappa shape index (κ2) is 10.4. The first-order valence-corrected chi connectivity index (χ1v) is 12.8. The van der Waals surface area contributed by atoms with Gasteiger partial charge in [-0.15, -0.1) is 10.2 Å². The largest absolute Gasteiger partial charge is 0.404 e. The molecule has 0 unspecified atom stereocenters. The predicted molar refractivity (Wildman–Crippen MR) is 128 cm³/mol. The fourth-order valence-electron chi connectivity index (χ4n) is 5.02. The minimum Gasteiger partial charge on any atom is -0.369 e. The summed E-state index contributed by atoms with van der Waals surface area (Å²) < 4.78 is 74.8. The Morgan fingerprint density at radius 2 is 1.58 bits per heavy atom. The summed E-state index contributed by atoms with van der Waals surface area (Å²) in [4.78, 5) is 1.78. The van der Waals surface area contributed by atoms with E-state index >= 15 is 8.78 Å². The molecule has 2 aromatic carbocycles. The zero-order valence-electron chi connectivity index (χ0n) is 19.4. The van der Waals surface area contributed by atoms with Crippen molar-refractivity contribution in [3.63, 3.8) is 0 Å². The lowest BCUT2D eigenvalue weighted by Crippen LogP contribution is -2.44. The second-order valence-corrected chi connectivity index (χ2v) is 10.5. The van der Waals surface area contributed by atoms with Crippen LogP contribution in [0.4, 0.5) is 27.6 Å². The molecule has 5 nitrogen and oxygen atoms in total. The number of anilines is 1. The van der Waals surface area contributed by atoms with Gasteiger partial charge in [0.05, 0.1) is 5.69 Å². The smallest absolute Gasteiger partial charge is 0.369 e. The highest BCUT2D eigenvalue weighted by Gasteiger charge is 2.47. The van der Waals surface area contributed by atoms with Crippen molar-refractivity contribution in [2.45, 2.75) is 55.7 Å². The van der Waals surface area contributed by atoms with Crippen LogP contribution >= 0.6 is 11.9 Å². The maximum atomic E-state index is 15.2. The molecule has 0 bridgehead atoms. The Bertz CT molecular complexity index is 1150. The van der Waals surface area contributed by atoms with E-state index < -0.39 is 23.9 Å². The molecule has 2 atom stereocenters. The summed E-state index contributed by atoms with van der Waals surface area (Å²) in [7, 11) is 0. The van der Waals surface area contributed by atoms with Gasteiger partial charge in [0.15, 0.2) is 0 Å². The van der Waals surface area contributed by atoms with Crippen molar-refractivity contribution in [3.05, 3.63) is 77.9 Å². The van der Waals surface area contributed by atoms with Crippen LogP contribution in [-0.2, 0) is 6.54 Å². The molecule has 0 amide bonds. The molecular weight excluding hydrogens is 497 g/mol. The van der Waals surface area contributed by atoms with Gasteiger partial charge in [-0.1, -0.05) is 42.3 Å². The zero-order chi connectivity index (χ0) is 25.3. The first kappa shape index (κ1) is 25.0. The summed E-state index contributed by atoms with van der Waals surface area (Å²) in [5, 5.41) is 7.45. The summed E-state index contributed by atoms with van der Waals surface area (Å²) in [6.07, 6.45) is 0.530. The normalized spacial score (nSPS) is 22.2. The molecular formula is C25H26F5N5S. The number of rotatable bonds is 5. The van der Waals surface area contributed by atoms with Crippen molar-refractivity contribution in [3.8, 4) is 0 Å². The zero-order valence-corrected chi connectivity index (χ0v) is 20.2. The van der Waals surface area contributed by atoms with E-state index in [1.165, 1.54) is 4.31 Å². The molecule has 0 radical (unpaired) electrons. The molecule has 0 spiro atoms. The van der Waals surface area contributed by atoms with Crippen LogP contribution in [0.15, 0.2) is 55.1 Å². The standard InChI is InChI=1S/C25H26F5N5S/c26-20-13-22(33-10-8-19(9-11-33)34-15-31-32-16-34)21(27)12-18(20)14-35-24(25(28,29)30)7-6-23(36-35)17-4-2-1-3-5-17/h1-5,12-13,15-16,19,23-24H,6-11,14H2/t23-,24+/m0/s1. The first-order valence-electron chi connectivity index (χ1n) is 11.9. The van der Waals surface area contributed by atoms with Crippen LogP contribution in [-0.4, -0.2) is 44.4 Å². The second-order valence-electron chi connectivity index (χ2n) is 9.24. The molecule has 0 N–H and O–H groups in total. The molecule has 2 fully saturated rings. The van der Waals surface area contributed by atoms with Gasteiger partial charge in [0.25, 0.3) is 0 Å².